The summed E-state index contributed by atoms with van der Waals surface area (Å²) in [7, 11) is 0. The maximum atomic E-state index is 10.7. The molecule has 0 aliphatic heterocycles. The minimum Gasteiger partial charge on any atom is -1.00 e. The van der Waals surface area contributed by atoms with Gasteiger partial charge in [0.05, 0.1) is 5.56 Å². The minimum absolute atomic E-state index is 0. The van der Waals surface area contributed by atoms with E-state index in [0.29, 0.717) is 5.56 Å². The molecule has 13 heavy (non-hydrogen) atoms. The Kier molecular flexibility index (Phi) is 12.3. The summed E-state index contributed by atoms with van der Waals surface area (Å²) >= 11 is 0. The van der Waals surface area contributed by atoms with Gasteiger partial charge < -0.3 is 5.71 Å². The quantitative estimate of drug-likeness (QED) is 0.473. The van der Waals surface area contributed by atoms with Crippen LogP contribution in [0.4, 0.5) is 0 Å². The Hall–Kier alpha value is 1.13. The molecule has 0 aromatic heterocycles. The van der Waals surface area contributed by atoms with Crippen molar-refractivity contribution in [2.45, 2.75) is 0 Å². The fraction of sp³-hybridized carbons (Fsp3) is 0. The minimum atomic E-state index is -0.729. The van der Waals surface area contributed by atoms with Gasteiger partial charge in [0.25, 0.3) is 0 Å². The first-order valence-corrected chi connectivity index (χ1v) is 2.92. The molecule has 0 saturated carbocycles. The standard InChI is InChI=1S/C7H6O4.2Ca.4H/c8-7(10-11-9)6-4-2-1-3-5-6;;;;;;/h1-5,9H;;;;;;/q;2*+2;4*-1. The summed E-state index contributed by atoms with van der Waals surface area (Å²) in [6.07, 6.45) is 0. The Bertz CT molecular complexity index is 253. The van der Waals surface area contributed by atoms with E-state index in [1.807, 2.05) is 0 Å². The number of hydrogen-bond donors (Lipinski definition) is 1. The summed E-state index contributed by atoms with van der Waals surface area (Å²) in [6, 6.07) is 8.20. The molecule has 1 rings (SSSR count). The molecule has 1 aromatic rings. The van der Waals surface area contributed by atoms with Crippen LogP contribution in [0.3, 0.4) is 0 Å². The van der Waals surface area contributed by atoms with Gasteiger partial charge in [0.15, 0.2) is 0 Å². The average molecular weight is 238 g/mol. The predicted octanol–water partition coefficient (Wildman–Crippen LogP) is 0.936. The van der Waals surface area contributed by atoms with Crippen LogP contribution in [0.15, 0.2) is 30.3 Å². The first kappa shape index (κ1) is 16.6. The van der Waals surface area contributed by atoms with Crippen LogP contribution in [-0.4, -0.2) is 86.7 Å². The molecule has 0 heterocycles. The Morgan fingerprint density at radius 3 is 2.23 bits per heavy atom. The average Bonchev–Trinajstić information content (AvgIpc) is 2.07. The van der Waals surface area contributed by atoms with Crippen molar-refractivity contribution in [1.82, 2.24) is 0 Å². The van der Waals surface area contributed by atoms with Crippen molar-refractivity contribution in [3.8, 4) is 0 Å². The molecule has 0 aliphatic carbocycles. The van der Waals surface area contributed by atoms with Gasteiger partial charge >= 0.3 is 81.4 Å². The summed E-state index contributed by atoms with van der Waals surface area (Å²) in [4.78, 5) is 14.6. The van der Waals surface area contributed by atoms with Crippen molar-refractivity contribution >= 4 is 81.4 Å². The Morgan fingerprint density at radius 1 is 1.23 bits per heavy atom. The molecule has 0 aliphatic rings. The van der Waals surface area contributed by atoms with E-state index in [0.717, 1.165) is 0 Å². The van der Waals surface area contributed by atoms with E-state index in [1.54, 1.807) is 30.3 Å². The number of hydrogen-bond acceptors (Lipinski definition) is 4. The summed E-state index contributed by atoms with van der Waals surface area (Å²) in [5.74, 6) is -0.729. The van der Waals surface area contributed by atoms with E-state index in [9.17, 15) is 4.79 Å². The van der Waals surface area contributed by atoms with Crippen LogP contribution in [0.25, 0.3) is 0 Å². The summed E-state index contributed by atoms with van der Waals surface area (Å²) < 4.78 is 0. The third kappa shape index (κ3) is 6.25. The van der Waals surface area contributed by atoms with Crippen molar-refractivity contribution in [2.24, 2.45) is 0 Å². The van der Waals surface area contributed by atoms with Crippen molar-refractivity contribution in [1.29, 1.82) is 0 Å². The topological polar surface area (TPSA) is 55.8 Å². The van der Waals surface area contributed by atoms with Gasteiger partial charge in [0.2, 0.25) is 0 Å². The zero-order chi connectivity index (χ0) is 8.10. The zero-order valence-corrected chi connectivity index (χ0v) is 11.4. The number of carbonyl (C=O) groups excluding carboxylic acids is 1. The van der Waals surface area contributed by atoms with E-state index in [-0.39, 0.29) is 81.2 Å². The first-order valence-electron chi connectivity index (χ1n) is 2.92. The molecule has 0 saturated heterocycles. The number of benzene rings is 1. The summed E-state index contributed by atoms with van der Waals surface area (Å²) in [6.45, 7) is 0. The molecule has 0 atom stereocenters. The predicted molar refractivity (Wildman–Crippen MR) is 51.5 cm³/mol. The molecule has 6 heteroatoms. The van der Waals surface area contributed by atoms with Gasteiger partial charge in [-0.3, -0.25) is 4.89 Å². The second-order valence-electron chi connectivity index (χ2n) is 1.81. The Morgan fingerprint density at radius 2 is 1.77 bits per heavy atom. The van der Waals surface area contributed by atoms with Gasteiger partial charge in [-0.05, 0) is 17.2 Å². The van der Waals surface area contributed by atoms with Crippen molar-refractivity contribution < 1.29 is 25.7 Å². The van der Waals surface area contributed by atoms with Gasteiger partial charge in [-0.25, -0.2) is 10.1 Å². The molecule has 0 fully saturated rings. The monoisotopic (exact) mass is 238 g/mol. The molecular weight excluding hydrogens is 228 g/mol. The van der Waals surface area contributed by atoms with Crippen molar-refractivity contribution in [3.63, 3.8) is 0 Å². The molecule has 1 aromatic carbocycles. The van der Waals surface area contributed by atoms with E-state index in [2.05, 4.69) is 9.93 Å². The Balaban J connectivity index is -0.0000000504. The molecule has 0 unspecified atom stereocenters. The molecule has 0 radical (unpaired) electrons. The van der Waals surface area contributed by atoms with Gasteiger partial charge in [0, 0.05) is 0 Å². The third-order valence-electron chi connectivity index (χ3n) is 1.12. The van der Waals surface area contributed by atoms with Crippen LogP contribution in [-0.2, 0) is 9.93 Å². The van der Waals surface area contributed by atoms with Crippen LogP contribution in [0.1, 0.15) is 16.1 Å². The van der Waals surface area contributed by atoms with Gasteiger partial charge in [0.1, 0.15) is 0 Å². The second-order valence-corrected chi connectivity index (χ2v) is 1.81. The van der Waals surface area contributed by atoms with E-state index < -0.39 is 5.97 Å². The molecule has 1 N–H and O–H groups in total. The third-order valence-corrected chi connectivity index (χ3v) is 1.12. The largest absolute Gasteiger partial charge is 2.00 e. The summed E-state index contributed by atoms with van der Waals surface area (Å²) in [5, 5.41) is 11.0. The molecule has 4 nitrogen and oxygen atoms in total. The molecule has 0 spiro atoms. The maximum absolute atomic E-state index is 10.7. The van der Waals surface area contributed by atoms with Gasteiger partial charge in [-0.2, -0.15) is 0 Å². The van der Waals surface area contributed by atoms with Crippen LogP contribution in [0.5, 0.6) is 0 Å². The first-order chi connectivity index (χ1) is 5.34. The van der Waals surface area contributed by atoms with Gasteiger partial charge in [-0.15, -0.1) is 0 Å². The number of carbonyl (C=O) groups is 1. The summed E-state index contributed by atoms with van der Waals surface area (Å²) in [5.41, 5.74) is 0.321. The smallest absolute Gasteiger partial charge is 1.00 e. The van der Waals surface area contributed by atoms with Crippen LogP contribution in [0.2, 0.25) is 0 Å². The van der Waals surface area contributed by atoms with Crippen LogP contribution >= 0.6 is 0 Å². The van der Waals surface area contributed by atoms with E-state index in [4.69, 9.17) is 5.26 Å². The molecule has 0 bridgehead atoms. The van der Waals surface area contributed by atoms with Crippen LogP contribution in [0, 0.1) is 0 Å². The second kappa shape index (κ2) is 9.68. The maximum Gasteiger partial charge on any atom is 2.00 e. The van der Waals surface area contributed by atoms with E-state index in [1.165, 1.54) is 0 Å². The normalized spacial score (nSPS) is 7.77. The van der Waals surface area contributed by atoms with E-state index >= 15 is 0 Å². The zero-order valence-electron chi connectivity index (χ0n) is 11.0. The van der Waals surface area contributed by atoms with Gasteiger partial charge in [-0.1, -0.05) is 18.2 Å². The SMILES string of the molecule is O=C(OOO)c1ccccc1.[Ca+2].[Ca+2].[H-].[H-].[H-].[H-]. The molecule has 66 valence electrons. The fourth-order valence-corrected chi connectivity index (χ4v) is 0.656. The Labute approximate surface area is 141 Å². The van der Waals surface area contributed by atoms with Crippen molar-refractivity contribution in [2.75, 3.05) is 0 Å². The fourth-order valence-electron chi connectivity index (χ4n) is 0.656. The number of rotatable bonds is 2. The molecule has 0 amide bonds. The van der Waals surface area contributed by atoms with Crippen molar-refractivity contribution in [3.05, 3.63) is 35.9 Å². The van der Waals surface area contributed by atoms with Crippen LogP contribution < -0.4 is 0 Å². The molecular formula is C7H10Ca2O4.